The Labute approximate surface area is 159 Å². The van der Waals surface area contributed by atoms with E-state index in [0.29, 0.717) is 5.75 Å². The standard InChI is InChI=1S/C23H34N2O/c1-5-14-25(15-6-2,16-7-3)22-12-9-20(10-13-22)18-24-21-11-8-19(4)23(26)17-21/h8-13,17,24H,5-7,14-16,18H2,1-4H3/p+1. The van der Waals surface area contributed by atoms with Crippen LogP contribution in [0, 0.1) is 6.92 Å². The van der Waals surface area contributed by atoms with E-state index in [9.17, 15) is 5.11 Å². The van der Waals surface area contributed by atoms with Crippen LogP contribution in [-0.4, -0.2) is 24.7 Å². The Balaban J connectivity index is 2.10. The topological polar surface area (TPSA) is 32.3 Å². The van der Waals surface area contributed by atoms with E-state index in [0.717, 1.165) is 22.3 Å². The number of aryl methyl sites for hydroxylation is 1. The molecule has 0 radical (unpaired) electrons. The summed E-state index contributed by atoms with van der Waals surface area (Å²) in [4.78, 5) is 0. The molecule has 2 N–H and O–H groups in total. The van der Waals surface area contributed by atoms with Gasteiger partial charge in [0.25, 0.3) is 0 Å². The highest BCUT2D eigenvalue weighted by molar-refractivity contribution is 5.52. The van der Waals surface area contributed by atoms with E-state index in [2.05, 4.69) is 50.4 Å². The summed E-state index contributed by atoms with van der Waals surface area (Å²) in [5, 5.41) is 13.2. The Morgan fingerprint density at radius 3 is 1.92 bits per heavy atom. The molecule has 0 bridgehead atoms. The molecule has 0 aliphatic rings. The Morgan fingerprint density at radius 2 is 1.42 bits per heavy atom. The summed E-state index contributed by atoms with van der Waals surface area (Å²) in [6.07, 6.45) is 3.63. The normalized spacial score (nSPS) is 11.5. The Hall–Kier alpha value is -2.00. The minimum absolute atomic E-state index is 0.339. The fraction of sp³-hybridized carbons (Fsp3) is 0.478. The van der Waals surface area contributed by atoms with Gasteiger partial charge in [-0.3, -0.25) is 4.48 Å². The number of aromatic hydroxyl groups is 1. The van der Waals surface area contributed by atoms with Crippen LogP contribution >= 0.6 is 0 Å². The first kappa shape index (κ1) is 20.3. The minimum Gasteiger partial charge on any atom is -0.508 e. The van der Waals surface area contributed by atoms with Gasteiger partial charge in [0.15, 0.2) is 0 Å². The molecule has 0 saturated carbocycles. The summed E-state index contributed by atoms with van der Waals surface area (Å²) < 4.78 is 1.10. The van der Waals surface area contributed by atoms with Crippen molar-refractivity contribution in [3.8, 4) is 5.75 Å². The molecule has 0 fully saturated rings. The minimum atomic E-state index is 0.339. The van der Waals surface area contributed by atoms with Crippen LogP contribution in [0.15, 0.2) is 42.5 Å². The average molecular weight is 356 g/mol. The van der Waals surface area contributed by atoms with Gasteiger partial charge in [-0.25, -0.2) is 0 Å². The van der Waals surface area contributed by atoms with Crippen LogP contribution in [0.5, 0.6) is 5.75 Å². The lowest BCUT2D eigenvalue weighted by atomic mass is 10.1. The number of quaternary nitrogens is 1. The predicted molar refractivity (Wildman–Crippen MR) is 114 cm³/mol. The molecule has 0 aliphatic carbocycles. The maximum absolute atomic E-state index is 9.83. The molecule has 3 heteroatoms. The fourth-order valence-electron chi connectivity index (χ4n) is 3.86. The van der Waals surface area contributed by atoms with Gasteiger partial charge in [-0.05, 0) is 55.5 Å². The maximum Gasteiger partial charge on any atom is 0.132 e. The highest BCUT2D eigenvalue weighted by Gasteiger charge is 2.27. The molecule has 0 atom stereocenters. The van der Waals surface area contributed by atoms with Crippen LogP contribution in [0.25, 0.3) is 0 Å². The van der Waals surface area contributed by atoms with E-state index in [-0.39, 0.29) is 0 Å². The second-order valence-corrected chi connectivity index (χ2v) is 7.34. The quantitative estimate of drug-likeness (QED) is 0.524. The smallest absolute Gasteiger partial charge is 0.132 e. The summed E-state index contributed by atoms with van der Waals surface area (Å²) in [7, 11) is 0. The number of nitrogens with zero attached hydrogens (tertiary/aromatic N) is 1. The van der Waals surface area contributed by atoms with Crippen LogP contribution in [0.3, 0.4) is 0 Å². The molecule has 142 valence electrons. The van der Waals surface area contributed by atoms with Gasteiger partial charge < -0.3 is 10.4 Å². The first-order chi connectivity index (χ1) is 12.5. The van der Waals surface area contributed by atoms with Crippen molar-refractivity contribution in [2.75, 3.05) is 25.0 Å². The number of phenolic OH excluding ortho intramolecular Hbond substituents is 1. The molecule has 0 heterocycles. The van der Waals surface area contributed by atoms with Gasteiger partial charge in [-0.1, -0.05) is 39.0 Å². The van der Waals surface area contributed by atoms with Crippen LogP contribution in [0.1, 0.15) is 51.2 Å². The van der Waals surface area contributed by atoms with E-state index in [1.54, 1.807) is 6.07 Å². The number of nitrogens with one attached hydrogen (secondary N) is 1. The third kappa shape index (κ3) is 5.01. The van der Waals surface area contributed by atoms with Gasteiger partial charge in [0.2, 0.25) is 0 Å². The van der Waals surface area contributed by atoms with E-state index in [1.165, 1.54) is 50.1 Å². The zero-order chi connectivity index (χ0) is 19.0. The van der Waals surface area contributed by atoms with Gasteiger partial charge in [-0.2, -0.15) is 0 Å². The summed E-state index contributed by atoms with van der Waals surface area (Å²) in [5.41, 5.74) is 4.55. The molecule has 0 aromatic heterocycles. The van der Waals surface area contributed by atoms with Crippen molar-refractivity contribution in [3.63, 3.8) is 0 Å². The lowest BCUT2D eigenvalue weighted by Crippen LogP contribution is -2.51. The third-order valence-corrected chi connectivity index (χ3v) is 5.14. The van der Waals surface area contributed by atoms with Crippen molar-refractivity contribution in [2.24, 2.45) is 0 Å². The number of benzene rings is 2. The summed E-state index contributed by atoms with van der Waals surface area (Å²) in [5.74, 6) is 0.339. The second kappa shape index (κ2) is 9.63. The van der Waals surface area contributed by atoms with E-state index >= 15 is 0 Å². The molecule has 26 heavy (non-hydrogen) atoms. The number of phenols is 1. The zero-order valence-corrected chi connectivity index (χ0v) is 16.9. The van der Waals surface area contributed by atoms with Crippen molar-refractivity contribution >= 4 is 11.4 Å². The van der Waals surface area contributed by atoms with Gasteiger partial charge in [0.1, 0.15) is 11.4 Å². The van der Waals surface area contributed by atoms with E-state index < -0.39 is 0 Å². The summed E-state index contributed by atoms with van der Waals surface area (Å²) in [6.45, 7) is 13.2. The largest absolute Gasteiger partial charge is 0.508 e. The van der Waals surface area contributed by atoms with Crippen LogP contribution in [0.2, 0.25) is 0 Å². The molecule has 0 saturated heterocycles. The molecule has 2 rings (SSSR count). The van der Waals surface area contributed by atoms with Gasteiger partial charge >= 0.3 is 0 Å². The molecule has 0 spiro atoms. The molecular formula is C23H35N2O+. The predicted octanol–water partition coefficient (Wildman–Crippen LogP) is 5.85. The average Bonchev–Trinajstić information content (AvgIpc) is 2.64. The highest BCUT2D eigenvalue weighted by atomic mass is 16.3. The lowest BCUT2D eigenvalue weighted by molar-refractivity contribution is 0.273. The fourth-order valence-corrected chi connectivity index (χ4v) is 3.86. The Morgan fingerprint density at radius 1 is 0.846 bits per heavy atom. The van der Waals surface area contributed by atoms with Gasteiger partial charge in [0.05, 0.1) is 19.6 Å². The monoisotopic (exact) mass is 355 g/mol. The van der Waals surface area contributed by atoms with Crippen LogP contribution in [0.4, 0.5) is 11.4 Å². The van der Waals surface area contributed by atoms with Gasteiger partial charge in [-0.15, -0.1) is 0 Å². The summed E-state index contributed by atoms with van der Waals surface area (Å²) in [6, 6.07) is 14.8. The molecular weight excluding hydrogens is 320 g/mol. The van der Waals surface area contributed by atoms with E-state index in [1.807, 2.05) is 19.1 Å². The number of rotatable bonds is 10. The third-order valence-electron chi connectivity index (χ3n) is 5.14. The molecule has 3 nitrogen and oxygen atoms in total. The zero-order valence-electron chi connectivity index (χ0n) is 16.9. The Bertz CT molecular complexity index is 662. The number of hydrogen-bond acceptors (Lipinski definition) is 2. The van der Waals surface area contributed by atoms with E-state index in [4.69, 9.17) is 0 Å². The van der Waals surface area contributed by atoms with Crippen molar-refractivity contribution in [1.82, 2.24) is 4.48 Å². The molecule has 0 unspecified atom stereocenters. The van der Waals surface area contributed by atoms with Crippen molar-refractivity contribution in [3.05, 3.63) is 53.6 Å². The maximum atomic E-state index is 9.83. The molecule has 0 aliphatic heterocycles. The molecule has 2 aromatic rings. The molecule has 2 aromatic carbocycles. The van der Waals surface area contributed by atoms with Crippen molar-refractivity contribution in [1.29, 1.82) is 0 Å². The van der Waals surface area contributed by atoms with Gasteiger partial charge in [0, 0.05) is 18.3 Å². The van der Waals surface area contributed by atoms with Crippen molar-refractivity contribution < 1.29 is 5.11 Å². The number of anilines is 1. The second-order valence-electron chi connectivity index (χ2n) is 7.34. The number of hydrogen-bond donors (Lipinski definition) is 2. The first-order valence-electron chi connectivity index (χ1n) is 10.0. The molecule has 0 amide bonds. The van der Waals surface area contributed by atoms with Crippen LogP contribution < -0.4 is 9.80 Å². The first-order valence-corrected chi connectivity index (χ1v) is 10.0. The summed E-state index contributed by atoms with van der Waals surface area (Å²) >= 11 is 0. The highest BCUT2D eigenvalue weighted by Crippen LogP contribution is 2.26. The SMILES string of the molecule is CCC[N+](CCC)(CCC)c1ccc(CNc2ccc(C)c(O)c2)cc1. The van der Waals surface area contributed by atoms with Crippen LogP contribution in [-0.2, 0) is 6.54 Å². The Kier molecular flexibility index (Phi) is 7.52. The van der Waals surface area contributed by atoms with Crippen molar-refractivity contribution in [2.45, 2.75) is 53.5 Å². The lowest BCUT2D eigenvalue weighted by Gasteiger charge is -2.38.